The third-order valence-electron chi connectivity index (χ3n) is 8.07. The van der Waals surface area contributed by atoms with E-state index in [0.717, 1.165) is 30.3 Å². The number of aromatic nitrogens is 2. The molecule has 0 aliphatic carbocycles. The van der Waals surface area contributed by atoms with Gasteiger partial charge in [0, 0.05) is 57.2 Å². The number of amides is 2. The number of Topliss-reactive ketones (excluding diaryl/α,β-unsaturated/α-hetero) is 1. The van der Waals surface area contributed by atoms with Crippen molar-refractivity contribution in [2.45, 2.75) is 39.0 Å². The van der Waals surface area contributed by atoms with E-state index in [-0.39, 0.29) is 35.0 Å². The number of hydrogen-bond donors (Lipinski definition) is 0. The summed E-state index contributed by atoms with van der Waals surface area (Å²) < 4.78 is 1.60. The molecule has 0 atom stereocenters. The number of aryl methyl sites for hydroxylation is 2. The van der Waals surface area contributed by atoms with E-state index in [1.807, 2.05) is 34.1 Å². The molecule has 3 heterocycles. The standard InChI is InChI=1S/C29H32N4O4/c1-20(34)21-7-9-22(10-8-21)27(36)32-16-13-29(14-17-32)15-18-33(19-29)26(35)12-11-24-28(37)31(2)25-6-4-3-5-23(25)30-24/h3-10H,11-19H2,1-2H3. The van der Waals surface area contributed by atoms with Crippen LogP contribution in [0, 0.1) is 5.41 Å². The van der Waals surface area contributed by atoms with Crippen LogP contribution in [0.15, 0.2) is 53.3 Å². The number of fused-ring (bicyclic) bond motifs is 1. The summed E-state index contributed by atoms with van der Waals surface area (Å²) in [7, 11) is 1.74. The first-order valence-electron chi connectivity index (χ1n) is 12.9. The smallest absolute Gasteiger partial charge is 0.272 e. The number of piperidine rings is 1. The normalized spacial score (nSPS) is 16.9. The van der Waals surface area contributed by atoms with Crippen LogP contribution in [-0.2, 0) is 18.3 Å². The molecule has 2 amide bonds. The van der Waals surface area contributed by atoms with E-state index in [4.69, 9.17) is 0 Å². The van der Waals surface area contributed by atoms with Crippen molar-refractivity contribution < 1.29 is 14.4 Å². The number of carbonyl (C=O) groups is 3. The largest absolute Gasteiger partial charge is 0.342 e. The van der Waals surface area contributed by atoms with Gasteiger partial charge in [0.2, 0.25) is 5.91 Å². The minimum atomic E-state index is -0.155. The van der Waals surface area contributed by atoms with Crippen molar-refractivity contribution in [3.8, 4) is 0 Å². The number of ketones is 1. The average molecular weight is 501 g/mol. The van der Waals surface area contributed by atoms with Gasteiger partial charge >= 0.3 is 0 Å². The molecular weight excluding hydrogens is 468 g/mol. The minimum absolute atomic E-state index is 0.0136. The molecule has 2 aliphatic heterocycles. The maximum absolute atomic E-state index is 13.0. The van der Waals surface area contributed by atoms with Crippen LogP contribution >= 0.6 is 0 Å². The number of para-hydroxylation sites is 2. The number of hydrogen-bond acceptors (Lipinski definition) is 5. The van der Waals surface area contributed by atoms with E-state index in [0.29, 0.717) is 49.4 Å². The van der Waals surface area contributed by atoms with Gasteiger partial charge in [-0.1, -0.05) is 24.3 Å². The summed E-state index contributed by atoms with van der Waals surface area (Å²) >= 11 is 0. The monoisotopic (exact) mass is 500 g/mol. The van der Waals surface area contributed by atoms with Gasteiger partial charge < -0.3 is 14.4 Å². The molecule has 1 aromatic heterocycles. The van der Waals surface area contributed by atoms with Gasteiger partial charge in [-0.2, -0.15) is 0 Å². The highest BCUT2D eigenvalue weighted by Crippen LogP contribution is 2.40. The summed E-state index contributed by atoms with van der Waals surface area (Å²) in [4.78, 5) is 58.5. The Morgan fingerprint density at radius 3 is 2.19 bits per heavy atom. The zero-order valence-corrected chi connectivity index (χ0v) is 21.4. The molecule has 0 bridgehead atoms. The van der Waals surface area contributed by atoms with E-state index in [2.05, 4.69) is 4.98 Å². The number of nitrogens with zero attached hydrogens (tertiary/aromatic N) is 4. The lowest BCUT2D eigenvalue weighted by molar-refractivity contribution is -0.130. The lowest BCUT2D eigenvalue weighted by Crippen LogP contribution is -2.44. The molecule has 2 saturated heterocycles. The molecule has 1 spiro atoms. The third kappa shape index (κ3) is 4.92. The van der Waals surface area contributed by atoms with Crippen molar-refractivity contribution in [3.63, 3.8) is 0 Å². The molecule has 0 radical (unpaired) electrons. The first-order chi connectivity index (χ1) is 17.8. The first-order valence-corrected chi connectivity index (χ1v) is 12.9. The molecule has 2 fully saturated rings. The van der Waals surface area contributed by atoms with E-state index in [1.165, 1.54) is 6.92 Å². The Bertz CT molecular complexity index is 1420. The molecule has 0 N–H and O–H groups in total. The lowest BCUT2D eigenvalue weighted by Gasteiger charge is -2.39. The Hall–Kier alpha value is -3.81. The van der Waals surface area contributed by atoms with Gasteiger partial charge in [0.05, 0.1) is 11.0 Å². The fourth-order valence-electron chi connectivity index (χ4n) is 5.66. The maximum Gasteiger partial charge on any atom is 0.272 e. The number of likely N-dealkylation sites (tertiary alicyclic amines) is 2. The molecule has 0 unspecified atom stereocenters. The molecule has 37 heavy (non-hydrogen) atoms. The van der Waals surface area contributed by atoms with Crippen molar-refractivity contribution >= 4 is 28.6 Å². The lowest BCUT2D eigenvalue weighted by atomic mass is 9.77. The van der Waals surface area contributed by atoms with E-state index >= 15 is 0 Å². The van der Waals surface area contributed by atoms with E-state index in [1.54, 1.807) is 35.9 Å². The van der Waals surface area contributed by atoms with Crippen LogP contribution in [-0.4, -0.2) is 63.1 Å². The zero-order chi connectivity index (χ0) is 26.2. The summed E-state index contributed by atoms with van der Waals surface area (Å²) in [6, 6.07) is 14.3. The number of benzene rings is 2. The third-order valence-corrected chi connectivity index (χ3v) is 8.07. The molecule has 2 aromatic carbocycles. The molecule has 0 saturated carbocycles. The molecule has 8 nitrogen and oxygen atoms in total. The highest BCUT2D eigenvalue weighted by Gasteiger charge is 2.42. The summed E-state index contributed by atoms with van der Waals surface area (Å²) in [6.45, 7) is 4.24. The molecule has 192 valence electrons. The molecule has 8 heteroatoms. The van der Waals surface area contributed by atoms with E-state index in [9.17, 15) is 19.2 Å². The SMILES string of the molecule is CC(=O)c1ccc(C(=O)N2CCC3(CCN(C(=O)CCc4nc5ccccc5n(C)c4=O)C3)CC2)cc1. The van der Waals surface area contributed by atoms with Crippen molar-refractivity contribution in [1.82, 2.24) is 19.4 Å². The van der Waals surface area contributed by atoms with Gasteiger partial charge in [-0.25, -0.2) is 4.98 Å². The fourth-order valence-corrected chi connectivity index (χ4v) is 5.66. The first kappa shape index (κ1) is 24.9. The van der Waals surface area contributed by atoms with Crippen LogP contribution in [0.5, 0.6) is 0 Å². The topological polar surface area (TPSA) is 92.6 Å². The molecule has 2 aliphatic rings. The number of carbonyl (C=O) groups excluding carboxylic acids is 3. The van der Waals surface area contributed by atoms with Crippen molar-refractivity contribution in [2.75, 3.05) is 26.2 Å². The predicted molar refractivity (Wildman–Crippen MR) is 141 cm³/mol. The molecule has 5 rings (SSSR count). The quantitative estimate of drug-likeness (QED) is 0.502. The van der Waals surface area contributed by atoms with Gasteiger partial charge in [0.15, 0.2) is 5.78 Å². The van der Waals surface area contributed by atoms with Gasteiger partial charge in [-0.3, -0.25) is 19.2 Å². The van der Waals surface area contributed by atoms with Crippen LogP contribution in [0.2, 0.25) is 0 Å². The Labute approximate surface area is 215 Å². The van der Waals surface area contributed by atoms with Crippen LogP contribution in [0.3, 0.4) is 0 Å². The van der Waals surface area contributed by atoms with Crippen LogP contribution in [0.4, 0.5) is 0 Å². The molecule has 3 aromatic rings. The van der Waals surface area contributed by atoms with Gasteiger partial charge in [0.1, 0.15) is 5.69 Å². The summed E-state index contributed by atoms with van der Waals surface area (Å²) in [6.07, 6.45) is 3.24. The van der Waals surface area contributed by atoms with Crippen molar-refractivity contribution in [2.24, 2.45) is 12.5 Å². The molecular formula is C29H32N4O4. The van der Waals surface area contributed by atoms with E-state index < -0.39 is 0 Å². The fraction of sp³-hybridized carbons (Fsp3) is 0.414. The average Bonchev–Trinajstić information content (AvgIpc) is 3.33. The Morgan fingerprint density at radius 1 is 0.892 bits per heavy atom. The highest BCUT2D eigenvalue weighted by atomic mass is 16.2. The van der Waals surface area contributed by atoms with Crippen molar-refractivity contribution in [1.29, 1.82) is 0 Å². The summed E-state index contributed by atoms with van der Waals surface area (Å²) in [5.41, 5.74) is 3.04. The summed E-state index contributed by atoms with van der Waals surface area (Å²) in [5, 5.41) is 0. The second-order valence-corrected chi connectivity index (χ2v) is 10.4. The Morgan fingerprint density at radius 2 is 1.51 bits per heavy atom. The van der Waals surface area contributed by atoms with Gasteiger partial charge in [-0.15, -0.1) is 0 Å². The van der Waals surface area contributed by atoms with Crippen LogP contribution in [0.25, 0.3) is 11.0 Å². The minimum Gasteiger partial charge on any atom is -0.342 e. The summed E-state index contributed by atoms with van der Waals surface area (Å²) in [5.74, 6) is 0.0218. The predicted octanol–water partition coefficient (Wildman–Crippen LogP) is 3.22. The zero-order valence-electron chi connectivity index (χ0n) is 21.4. The Balaban J connectivity index is 1.16. The Kier molecular flexibility index (Phi) is 6.67. The van der Waals surface area contributed by atoms with Crippen molar-refractivity contribution in [3.05, 3.63) is 75.7 Å². The van der Waals surface area contributed by atoms with Gasteiger partial charge in [0.25, 0.3) is 11.5 Å². The number of rotatable bonds is 5. The van der Waals surface area contributed by atoms with Crippen LogP contribution < -0.4 is 5.56 Å². The maximum atomic E-state index is 13.0. The van der Waals surface area contributed by atoms with Crippen LogP contribution in [0.1, 0.15) is 59.0 Å². The highest BCUT2D eigenvalue weighted by molar-refractivity contribution is 5.97. The second kappa shape index (κ2) is 9.92. The van der Waals surface area contributed by atoms with Gasteiger partial charge in [-0.05, 0) is 55.9 Å². The second-order valence-electron chi connectivity index (χ2n) is 10.4.